The molecule has 0 radical (unpaired) electrons. The van der Waals surface area contributed by atoms with Crippen LogP contribution >= 0.6 is 0 Å². The Labute approximate surface area is 216 Å². The monoisotopic (exact) mass is 504 g/mol. The SMILES string of the molecule is CC(=O)NCCc1cccc2cccc(OCCCCOc3ccc4c(c3)OC(CNC(C)=O)=CO4)c12. The summed E-state index contributed by atoms with van der Waals surface area (Å²) in [6.07, 6.45) is 3.88. The normalized spacial score (nSPS) is 12.0. The average molecular weight is 505 g/mol. The number of fused-ring (bicyclic) bond motifs is 2. The molecule has 0 atom stereocenters. The van der Waals surface area contributed by atoms with Crippen LogP contribution in [-0.4, -0.2) is 38.1 Å². The van der Waals surface area contributed by atoms with Gasteiger partial charge in [0.05, 0.1) is 19.8 Å². The average Bonchev–Trinajstić information content (AvgIpc) is 2.89. The van der Waals surface area contributed by atoms with Gasteiger partial charge in [0.1, 0.15) is 17.8 Å². The first-order chi connectivity index (χ1) is 18.0. The second-order valence-corrected chi connectivity index (χ2v) is 8.73. The molecule has 0 aliphatic carbocycles. The summed E-state index contributed by atoms with van der Waals surface area (Å²) in [6, 6.07) is 17.7. The number of benzene rings is 3. The Hall–Kier alpha value is -4.20. The van der Waals surface area contributed by atoms with Crippen LogP contribution in [-0.2, 0) is 16.0 Å². The topological polar surface area (TPSA) is 95.1 Å². The molecule has 1 aliphatic heterocycles. The van der Waals surface area contributed by atoms with E-state index in [-0.39, 0.29) is 18.4 Å². The Kier molecular flexibility index (Phi) is 8.86. The minimum atomic E-state index is -0.140. The summed E-state index contributed by atoms with van der Waals surface area (Å²) in [5, 5.41) is 7.75. The molecule has 2 amide bonds. The first-order valence-corrected chi connectivity index (χ1v) is 12.4. The maximum Gasteiger partial charge on any atom is 0.217 e. The molecule has 0 bridgehead atoms. The number of hydrogen-bond donors (Lipinski definition) is 2. The molecule has 8 nitrogen and oxygen atoms in total. The Morgan fingerprint density at radius 1 is 0.865 bits per heavy atom. The number of hydrogen-bond acceptors (Lipinski definition) is 6. The molecule has 3 aromatic rings. The molecule has 0 saturated carbocycles. The van der Waals surface area contributed by atoms with Crippen molar-refractivity contribution in [2.24, 2.45) is 0 Å². The molecule has 0 aromatic heterocycles. The summed E-state index contributed by atoms with van der Waals surface area (Å²) < 4.78 is 23.4. The highest BCUT2D eigenvalue weighted by atomic mass is 16.6. The highest BCUT2D eigenvalue weighted by Crippen LogP contribution is 2.35. The zero-order chi connectivity index (χ0) is 26.0. The van der Waals surface area contributed by atoms with Gasteiger partial charge in [0, 0.05) is 31.8 Å². The maximum absolute atomic E-state index is 11.2. The van der Waals surface area contributed by atoms with E-state index in [1.165, 1.54) is 20.1 Å². The molecule has 4 rings (SSSR count). The van der Waals surface area contributed by atoms with Gasteiger partial charge in [-0.3, -0.25) is 9.59 Å². The summed E-state index contributed by atoms with van der Waals surface area (Å²) in [7, 11) is 0. The van der Waals surface area contributed by atoms with Crippen molar-refractivity contribution in [3.8, 4) is 23.0 Å². The first-order valence-electron chi connectivity index (χ1n) is 12.4. The van der Waals surface area contributed by atoms with Gasteiger partial charge in [-0.2, -0.15) is 0 Å². The predicted molar refractivity (Wildman–Crippen MR) is 141 cm³/mol. The number of nitrogens with one attached hydrogen (secondary N) is 2. The lowest BCUT2D eigenvalue weighted by atomic mass is 10.0. The van der Waals surface area contributed by atoms with Crippen LogP contribution in [0, 0.1) is 0 Å². The first kappa shape index (κ1) is 25.9. The van der Waals surface area contributed by atoms with Crippen LogP contribution in [0.3, 0.4) is 0 Å². The summed E-state index contributed by atoms with van der Waals surface area (Å²) in [4.78, 5) is 22.3. The van der Waals surface area contributed by atoms with Crippen LogP contribution in [0.25, 0.3) is 10.8 Å². The van der Waals surface area contributed by atoms with Gasteiger partial charge in [0.25, 0.3) is 0 Å². The number of amides is 2. The molecule has 8 heteroatoms. The highest BCUT2D eigenvalue weighted by molar-refractivity contribution is 5.91. The maximum atomic E-state index is 11.2. The smallest absolute Gasteiger partial charge is 0.217 e. The van der Waals surface area contributed by atoms with Gasteiger partial charge in [-0.25, -0.2) is 0 Å². The number of ether oxygens (including phenoxy) is 4. The Balaban J connectivity index is 1.24. The molecule has 2 N–H and O–H groups in total. The third-order valence-electron chi connectivity index (χ3n) is 5.77. The molecule has 37 heavy (non-hydrogen) atoms. The van der Waals surface area contributed by atoms with Crippen LogP contribution in [0.4, 0.5) is 0 Å². The lowest BCUT2D eigenvalue weighted by Gasteiger charge is -2.19. The van der Waals surface area contributed by atoms with E-state index in [9.17, 15) is 9.59 Å². The molecule has 3 aromatic carbocycles. The number of unbranched alkanes of at least 4 members (excludes halogenated alkanes) is 1. The zero-order valence-electron chi connectivity index (χ0n) is 21.2. The third kappa shape index (κ3) is 7.39. The van der Waals surface area contributed by atoms with Crippen molar-refractivity contribution in [1.29, 1.82) is 0 Å². The molecule has 194 valence electrons. The summed E-state index contributed by atoms with van der Waals surface area (Å²) >= 11 is 0. The molecular formula is C29H32N2O6. The van der Waals surface area contributed by atoms with Crippen LogP contribution < -0.4 is 29.6 Å². The Bertz CT molecular complexity index is 1280. The van der Waals surface area contributed by atoms with Gasteiger partial charge in [-0.1, -0.05) is 30.3 Å². The van der Waals surface area contributed by atoms with Crippen molar-refractivity contribution in [2.75, 3.05) is 26.3 Å². The highest BCUT2D eigenvalue weighted by Gasteiger charge is 2.15. The van der Waals surface area contributed by atoms with E-state index in [4.69, 9.17) is 18.9 Å². The van der Waals surface area contributed by atoms with E-state index in [0.29, 0.717) is 42.8 Å². The second-order valence-electron chi connectivity index (χ2n) is 8.73. The lowest BCUT2D eigenvalue weighted by Crippen LogP contribution is -2.25. The van der Waals surface area contributed by atoms with Crippen LogP contribution in [0.15, 0.2) is 66.6 Å². The third-order valence-corrected chi connectivity index (χ3v) is 5.77. The molecule has 0 saturated heterocycles. The number of carbonyl (C=O) groups excluding carboxylic acids is 2. The zero-order valence-corrected chi connectivity index (χ0v) is 21.2. The van der Waals surface area contributed by atoms with Crippen LogP contribution in [0.2, 0.25) is 0 Å². The van der Waals surface area contributed by atoms with E-state index >= 15 is 0 Å². The minimum absolute atomic E-state index is 0.0290. The Morgan fingerprint density at radius 2 is 1.62 bits per heavy atom. The molecule has 1 heterocycles. The van der Waals surface area contributed by atoms with Crippen molar-refractivity contribution in [3.05, 3.63) is 72.2 Å². The van der Waals surface area contributed by atoms with Crippen LogP contribution in [0.5, 0.6) is 23.0 Å². The minimum Gasteiger partial charge on any atom is -0.493 e. The largest absolute Gasteiger partial charge is 0.493 e. The summed E-state index contributed by atoms with van der Waals surface area (Å²) in [6.45, 7) is 4.93. The predicted octanol–water partition coefficient (Wildman–Crippen LogP) is 4.51. The van der Waals surface area contributed by atoms with Crippen molar-refractivity contribution >= 4 is 22.6 Å². The van der Waals surface area contributed by atoms with E-state index < -0.39 is 0 Å². The molecule has 0 spiro atoms. The quantitative estimate of drug-likeness (QED) is 0.353. The van der Waals surface area contributed by atoms with Gasteiger partial charge in [0.15, 0.2) is 17.3 Å². The fourth-order valence-electron chi connectivity index (χ4n) is 4.00. The fraction of sp³-hybridized carbons (Fsp3) is 0.310. The van der Waals surface area contributed by atoms with Crippen molar-refractivity contribution in [2.45, 2.75) is 33.1 Å². The van der Waals surface area contributed by atoms with Gasteiger partial charge in [0.2, 0.25) is 11.8 Å². The van der Waals surface area contributed by atoms with Gasteiger partial charge >= 0.3 is 0 Å². The molecule has 0 unspecified atom stereocenters. The summed E-state index contributed by atoms with van der Waals surface area (Å²) in [5.41, 5.74) is 1.15. The van der Waals surface area contributed by atoms with E-state index in [0.717, 1.165) is 41.3 Å². The number of rotatable bonds is 12. The van der Waals surface area contributed by atoms with Gasteiger partial charge in [-0.05, 0) is 48.4 Å². The van der Waals surface area contributed by atoms with E-state index in [2.05, 4.69) is 28.8 Å². The van der Waals surface area contributed by atoms with Crippen LogP contribution in [0.1, 0.15) is 32.3 Å². The van der Waals surface area contributed by atoms with Crippen molar-refractivity contribution in [1.82, 2.24) is 10.6 Å². The van der Waals surface area contributed by atoms with E-state index in [1.54, 1.807) is 12.1 Å². The summed E-state index contributed by atoms with van der Waals surface area (Å²) in [5.74, 6) is 3.03. The van der Waals surface area contributed by atoms with Gasteiger partial charge in [-0.15, -0.1) is 0 Å². The molecule has 0 fully saturated rings. The lowest BCUT2D eigenvalue weighted by molar-refractivity contribution is -0.119. The molecule has 1 aliphatic rings. The van der Waals surface area contributed by atoms with Crippen molar-refractivity contribution < 1.29 is 28.5 Å². The second kappa shape index (κ2) is 12.7. The number of carbonyl (C=O) groups is 2. The standard InChI is InChI=1S/C29H32N2O6/c1-20(32)30-14-13-23-8-5-7-22-9-6-10-27(29(22)23)35-16-4-3-15-34-24-11-12-26-28(17-24)37-25(19-36-26)18-31-21(2)33/h5-12,17,19H,3-4,13-16,18H2,1-2H3,(H,30,32)(H,31,33). The van der Waals surface area contributed by atoms with Crippen molar-refractivity contribution in [3.63, 3.8) is 0 Å². The fourth-order valence-corrected chi connectivity index (χ4v) is 4.00. The Morgan fingerprint density at radius 3 is 2.41 bits per heavy atom. The van der Waals surface area contributed by atoms with E-state index in [1.807, 2.05) is 24.3 Å². The molecular weight excluding hydrogens is 472 g/mol. The van der Waals surface area contributed by atoms with Gasteiger partial charge < -0.3 is 29.6 Å².